The van der Waals surface area contributed by atoms with Crippen molar-refractivity contribution < 1.29 is 14.3 Å². The van der Waals surface area contributed by atoms with Crippen LogP contribution in [0.3, 0.4) is 0 Å². The molecule has 0 aliphatic heterocycles. The molecule has 0 unspecified atom stereocenters. The molecule has 1 aromatic heterocycles. The Morgan fingerprint density at radius 3 is 2.67 bits per heavy atom. The fraction of sp³-hybridized carbons (Fsp3) is 0.222. The maximum Gasteiger partial charge on any atom is 0.230 e. The smallest absolute Gasteiger partial charge is 0.230 e. The topological polar surface area (TPSA) is 60.5 Å². The van der Waals surface area contributed by atoms with E-state index in [0.29, 0.717) is 16.6 Å². The SMILES string of the molecule is COc1ccc(CC(=O)Nc2nc3cc(C)ccc3s2)cc1OC. The molecule has 3 aromatic rings. The molecule has 0 spiro atoms. The Kier molecular flexibility index (Phi) is 4.66. The van der Waals surface area contributed by atoms with E-state index in [1.54, 1.807) is 26.4 Å². The summed E-state index contributed by atoms with van der Waals surface area (Å²) in [5.41, 5.74) is 2.90. The fourth-order valence-corrected chi connectivity index (χ4v) is 3.29. The lowest BCUT2D eigenvalue weighted by molar-refractivity contribution is -0.115. The van der Waals surface area contributed by atoms with Gasteiger partial charge in [0.15, 0.2) is 16.6 Å². The Hall–Kier alpha value is -2.60. The van der Waals surface area contributed by atoms with Crippen LogP contribution in [-0.2, 0) is 11.2 Å². The summed E-state index contributed by atoms with van der Waals surface area (Å²) >= 11 is 1.47. The minimum atomic E-state index is -0.113. The van der Waals surface area contributed by atoms with Gasteiger partial charge in [-0.05, 0) is 42.3 Å². The van der Waals surface area contributed by atoms with Crippen molar-refractivity contribution in [1.82, 2.24) is 4.98 Å². The Labute approximate surface area is 144 Å². The van der Waals surface area contributed by atoms with Gasteiger partial charge in [0.1, 0.15) is 0 Å². The fourth-order valence-electron chi connectivity index (χ4n) is 2.43. The molecule has 124 valence electrons. The molecule has 0 aliphatic rings. The van der Waals surface area contributed by atoms with Crippen molar-refractivity contribution in [3.63, 3.8) is 0 Å². The summed E-state index contributed by atoms with van der Waals surface area (Å²) in [5, 5.41) is 3.47. The standard InChI is InChI=1S/C18H18N2O3S/c1-11-4-7-16-13(8-11)19-18(24-16)20-17(21)10-12-5-6-14(22-2)15(9-12)23-3/h4-9H,10H2,1-3H3,(H,19,20,21). The molecule has 1 N–H and O–H groups in total. The molecule has 0 saturated heterocycles. The molecule has 1 amide bonds. The second-order valence-corrected chi connectivity index (χ2v) is 6.44. The number of thiazole rings is 1. The van der Waals surface area contributed by atoms with Gasteiger partial charge in [0.05, 0.1) is 30.9 Å². The van der Waals surface area contributed by atoms with Crippen LogP contribution in [0, 0.1) is 6.92 Å². The number of aryl methyl sites for hydroxylation is 1. The molecule has 0 bridgehead atoms. The highest BCUT2D eigenvalue weighted by molar-refractivity contribution is 7.22. The van der Waals surface area contributed by atoms with Crippen LogP contribution in [-0.4, -0.2) is 25.1 Å². The third kappa shape index (κ3) is 3.49. The number of carbonyl (C=O) groups is 1. The first kappa shape index (κ1) is 16.3. The minimum Gasteiger partial charge on any atom is -0.493 e. The average molecular weight is 342 g/mol. The quantitative estimate of drug-likeness (QED) is 0.766. The van der Waals surface area contributed by atoms with Crippen molar-refractivity contribution in [3.05, 3.63) is 47.5 Å². The number of hydrogen-bond acceptors (Lipinski definition) is 5. The lowest BCUT2D eigenvalue weighted by Gasteiger charge is -2.09. The van der Waals surface area contributed by atoms with Gasteiger partial charge in [-0.25, -0.2) is 4.98 Å². The van der Waals surface area contributed by atoms with Crippen molar-refractivity contribution >= 4 is 32.6 Å². The van der Waals surface area contributed by atoms with E-state index in [1.807, 2.05) is 31.2 Å². The molecule has 0 aliphatic carbocycles. The zero-order chi connectivity index (χ0) is 17.1. The highest BCUT2D eigenvalue weighted by Crippen LogP contribution is 2.29. The van der Waals surface area contributed by atoms with Gasteiger partial charge < -0.3 is 14.8 Å². The minimum absolute atomic E-state index is 0.113. The maximum atomic E-state index is 12.3. The lowest BCUT2D eigenvalue weighted by Crippen LogP contribution is -2.14. The third-order valence-corrected chi connectivity index (χ3v) is 4.55. The van der Waals surface area contributed by atoms with E-state index in [0.717, 1.165) is 21.3 Å². The number of benzene rings is 2. The van der Waals surface area contributed by atoms with Crippen LogP contribution in [0.2, 0.25) is 0 Å². The first-order chi connectivity index (χ1) is 11.6. The molecule has 6 heteroatoms. The monoisotopic (exact) mass is 342 g/mol. The van der Waals surface area contributed by atoms with Gasteiger partial charge in [0.25, 0.3) is 0 Å². The number of amides is 1. The zero-order valence-electron chi connectivity index (χ0n) is 13.8. The number of fused-ring (bicyclic) bond motifs is 1. The Morgan fingerprint density at radius 2 is 1.92 bits per heavy atom. The summed E-state index contributed by atoms with van der Waals surface area (Å²) in [5.74, 6) is 1.14. The van der Waals surface area contributed by atoms with E-state index in [-0.39, 0.29) is 12.3 Å². The molecular weight excluding hydrogens is 324 g/mol. The third-order valence-electron chi connectivity index (χ3n) is 3.60. The number of rotatable bonds is 5. The number of nitrogens with one attached hydrogen (secondary N) is 1. The molecular formula is C18H18N2O3S. The van der Waals surface area contributed by atoms with Gasteiger partial charge in [-0.3, -0.25) is 4.79 Å². The molecule has 3 rings (SSSR count). The summed E-state index contributed by atoms with van der Waals surface area (Å²) in [6.07, 6.45) is 0.245. The van der Waals surface area contributed by atoms with E-state index in [9.17, 15) is 4.79 Å². The van der Waals surface area contributed by atoms with Gasteiger partial charge in [-0.15, -0.1) is 0 Å². The van der Waals surface area contributed by atoms with E-state index in [4.69, 9.17) is 9.47 Å². The van der Waals surface area contributed by atoms with Crippen LogP contribution in [0.25, 0.3) is 10.2 Å². The van der Waals surface area contributed by atoms with Crippen LogP contribution in [0.4, 0.5) is 5.13 Å². The van der Waals surface area contributed by atoms with Crippen molar-refractivity contribution in [1.29, 1.82) is 0 Å². The zero-order valence-corrected chi connectivity index (χ0v) is 14.6. The number of aromatic nitrogens is 1. The van der Waals surface area contributed by atoms with E-state index in [1.165, 1.54) is 11.3 Å². The van der Waals surface area contributed by atoms with E-state index < -0.39 is 0 Å². The van der Waals surface area contributed by atoms with Gasteiger partial charge in [0.2, 0.25) is 5.91 Å². The van der Waals surface area contributed by atoms with Gasteiger partial charge >= 0.3 is 0 Å². The average Bonchev–Trinajstić information content (AvgIpc) is 2.95. The molecule has 5 nitrogen and oxygen atoms in total. The lowest BCUT2D eigenvalue weighted by atomic mass is 10.1. The molecule has 0 saturated carbocycles. The summed E-state index contributed by atoms with van der Waals surface area (Å²) in [4.78, 5) is 16.7. The maximum absolute atomic E-state index is 12.3. The summed E-state index contributed by atoms with van der Waals surface area (Å²) < 4.78 is 11.5. The number of hydrogen-bond donors (Lipinski definition) is 1. The Morgan fingerprint density at radius 1 is 1.12 bits per heavy atom. The van der Waals surface area contributed by atoms with Crippen LogP contribution >= 0.6 is 11.3 Å². The first-order valence-corrected chi connectivity index (χ1v) is 8.28. The summed E-state index contributed by atoms with van der Waals surface area (Å²) in [6, 6.07) is 11.5. The number of carbonyl (C=O) groups excluding carboxylic acids is 1. The van der Waals surface area contributed by atoms with Crippen LogP contribution in [0.1, 0.15) is 11.1 Å². The van der Waals surface area contributed by atoms with Crippen molar-refractivity contribution in [2.45, 2.75) is 13.3 Å². The van der Waals surface area contributed by atoms with Crippen molar-refractivity contribution in [3.8, 4) is 11.5 Å². The van der Waals surface area contributed by atoms with Crippen LogP contribution in [0.5, 0.6) is 11.5 Å². The molecule has 0 radical (unpaired) electrons. The first-order valence-electron chi connectivity index (χ1n) is 7.47. The van der Waals surface area contributed by atoms with Gasteiger partial charge in [0, 0.05) is 0 Å². The summed E-state index contributed by atoms with van der Waals surface area (Å²) in [7, 11) is 3.16. The van der Waals surface area contributed by atoms with E-state index >= 15 is 0 Å². The second-order valence-electron chi connectivity index (χ2n) is 5.40. The highest BCUT2D eigenvalue weighted by atomic mass is 32.1. The number of nitrogens with zero attached hydrogens (tertiary/aromatic N) is 1. The molecule has 2 aromatic carbocycles. The number of methoxy groups -OCH3 is 2. The predicted molar refractivity (Wildman–Crippen MR) is 96.2 cm³/mol. The van der Waals surface area contributed by atoms with Crippen LogP contribution < -0.4 is 14.8 Å². The molecule has 1 heterocycles. The van der Waals surface area contributed by atoms with Crippen molar-refractivity contribution in [2.24, 2.45) is 0 Å². The van der Waals surface area contributed by atoms with Crippen LogP contribution in [0.15, 0.2) is 36.4 Å². The Bertz CT molecular complexity index is 889. The van der Waals surface area contributed by atoms with E-state index in [2.05, 4.69) is 10.3 Å². The Balaban J connectivity index is 1.72. The predicted octanol–water partition coefficient (Wildman–Crippen LogP) is 3.80. The molecule has 24 heavy (non-hydrogen) atoms. The largest absolute Gasteiger partial charge is 0.493 e. The molecule has 0 atom stereocenters. The highest BCUT2D eigenvalue weighted by Gasteiger charge is 2.11. The number of ether oxygens (including phenoxy) is 2. The van der Waals surface area contributed by atoms with Gasteiger partial charge in [-0.1, -0.05) is 23.5 Å². The second kappa shape index (κ2) is 6.88. The van der Waals surface area contributed by atoms with Crippen molar-refractivity contribution in [2.75, 3.05) is 19.5 Å². The number of anilines is 1. The van der Waals surface area contributed by atoms with Gasteiger partial charge in [-0.2, -0.15) is 0 Å². The molecule has 0 fully saturated rings. The summed E-state index contributed by atoms with van der Waals surface area (Å²) in [6.45, 7) is 2.02. The normalized spacial score (nSPS) is 10.6.